The number of aromatic nitrogens is 4. The van der Waals surface area contributed by atoms with Crippen molar-refractivity contribution in [1.29, 1.82) is 0 Å². The highest BCUT2D eigenvalue weighted by Crippen LogP contribution is 2.35. The van der Waals surface area contributed by atoms with Crippen molar-refractivity contribution in [3.05, 3.63) is 52.2 Å². The monoisotopic (exact) mass is 318 g/mol. The van der Waals surface area contributed by atoms with Crippen LogP contribution in [0, 0.1) is 0 Å². The molecule has 0 spiro atoms. The molecule has 0 saturated carbocycles. The molecule has 0 unspecified atom stereocenters. The second-order valence-corrected chi connectivity index (χ2v) is 5.91. The van der Waals surface area contributed by atoms with Gasteiger partial charge in [0, 0.05) is 0 Å². The Kier molecular flexibility index (Phi) is 3.08. The molecule has 0 saturated heterocycles. The molecule has 4 rings (SSSR count). The molecule has 1 atom stereocenters. The highest BCUT2D eigenvalue weighted by Gasteiger charge is 2.24. The molecule has 2 aromatic heterocycles. The molecule has 4 nitrogen and oxygen atoms in total. The standard InChI is InChI=1S/C15H12Cl2N4/c16-13-12-14(20-15(17)19-13)21(8-18-12)11-7-3-5-9-4-1-2-6-10(9)11/h1-2,4,6,8,11H,3,5,7H2/t11-/m1/s1. The van der Waals surface area contributed by atoms with E-state index in [2.05, 4.69) is 43.8 Å². The van der Waals surface area contributed by atoms with Crippen LogP contribution in [-0.2, 0) is 6.42 Å². The minimum atomic E-state index is 0.151. The first kappa shape index (κ1) is 13.0. The first-order valence-electron chi connectivity index (χ1n) is 6.87. The van der Waals surface area contributed by atoms with E-state index in [4.69, 9.17) is 23.2 Å². The Morgan fingerprint density at radius 2 is 2.00 bits per heavy atom. The zero-order valence-electron chi connectivity index (χ0n) is 11.1. The molecule has 1 aliphatic rings. The molecule has 1 aliphatic carbocycles. The SMILES string of the molecule is Clc1nc(Cl)c2ncn([C@@H]3CCCc4ccccc43)c2n1. The van der Waals surface area contributed by atoms with E-state index in [0.29, 0.717) is 16.3 Å². The second-order valence-electron chi connectivity index (χ2n) is 5.21. The van der Waals surface area contributed by atoms with E-state index in [1.807, 2.05) is 0 Å². The van der Waals surface area contributed by atoms with Gasteiger partial charge in [-0.2, -0.15) is 4.98 Å². The lowest BCUT2D eigenvalue weighted by Crippen LogP contribution is -2.17. The van der Waals surface area contributed by atoms with E-state index in [1.54, 1.807) is 6.33 Å². The Bertz CT molecular complexity index is 828. The van der Waals surface area contributed by atoms with Crippen LogP contribution in [0.15, 0.2) is 30.6 Å². The number of hydrogen-bond acceptors (Lipinski definition) is 3. The second kappa shape index (κ2) is 4.97. The molecule has 3 aromatic rings. The van der Waals surface area contributed by atoms with Crippen LogP contribution in [0.4, 0.5) is 0 Å². The maximum Gasteiger partial charge on any atom is 0.225 e. The number of rotatable bonds is 1. The van der Waals surface area contributed by atoms with Gasteiger partial charge >= 0.3 is 0 Å². The summed E-state index contributed by atoms with van der Waals surface area (Å²) in [5.74, 6) is 0. The quantitative estimate of drug-likeness (QED) is 0.502. The molecule has 0 aliphatic heterocycles. The third-order valence-corrected chi connectivity index (χ3v) is 4.46. The number of nitrogens with zero attached hydrogens (tertiary/aromatic N) is 4. The van der Waals surface area contributed by atoms with E-state index in [0.717, 1.165) is 19.3 Å². The fourth-order valence-corrected chi connectivity index (χ4v) is 3.52. The van der Waals surface area contributed by atoms with Crippen molar-refractivity contribution < 1.29 is 0 Å². The van der Waals surface area contributed by atoms with Gasteiger partial charge in [-0.05, 0) is 42.0 Å². The van der Waals surface area contributed by atoms with Gasteiger partial charge in [0.05, 0.1) is 12.4 Å². The summed E-state index contributed by atoms with van der Waals surface area (Å²) in [7, 11) is 0. The molecule has 0 bridgehead atoms. The Labute approximate surface area is 131 Å². The Balaban J connectivity index is 1.92. The van der Waals surface area contributed by atoms with Crippen LogP contribution < -0.4 is 0 Å². The zero-order valence-corrected chi connectivity index (χ0v) is 12.6. The summed E-state index contributed by atoms with van der Waals surface area (Å²) in [5, 5.41) is 0.450. The zero-order chi connectivity index (χ0) is 14.4. The number of fused-ring (bicyclic) bond motifs is 2. The Morgan fingerprint density at radius 3 is 2.90 bits per heavy atom. The summed E-state index contributed by atoms with van der Waals surface area (Å²) in [6, 6.07) is 8.75. The van der Waals surface area contributed by atoms with Gasteiger partial charge in [0.1, 0.15) is 5.52 Å². The Hall–Kier alpha value is -1.65. The van der Waals surface area contributed by atoms with Crippen molar-refractivity contribution in [3.8, 4) is 0 Å². The number of aryl methyl sites for hydroxylation is 1. The molecule has 6 heteroatoms. The molecule has 0 N–H and O–H groups in total. The first-order valence-corrected chi connectivity index (χ1v) is 7.63. The van der Waals surface area contributed by atoms with Gasteiger partial charge in [-0.25, -0.2) is 9.97 Å². The normalized spacial score (nSPS) is 17.9. The lowest BCUT2D eigenvalue weighted by Gasteiger charge is -2.26. The van der Waals surface area contributed by atoms with E-state index in [9.17, 15) is 0 Å². The molecular formula is C15H12Cl2N4. The molecule has 21 heavy (non-hydrogen) atoms. The van der Waals surface area contributed by atoms with Gasteiger partial charge in [-0.1, -0.05) is 35.9 Å². The summed E-state index contributed by atoms with van der Waals surface area (Å²) < 4.78 is 2.06. The van der Waals surface area contributed by atoms with Crippen LogP contribution in [0.3, 0.4) is 0 Å². The lowest BCUT2D eigenvalue weighted by atomic mass is 9.87. The molecule has 0 radical (unpaired) electrons. The summed E-state index contributed by atoms with van der Waals surface area (Å²) in [6.45, 7) is 0. The summed E-state index contributed by atoms with van der Waals surface area (Å²) >= 11 is 12.0. The van der Waals surface area contributed by atoms with Crippen molar-refractivity contribution in [2.45, 2.75) is 25.3 Å². The predicted molar refractivity (Wildman–Crippen MR) is 82.9 cm³/mol. The fraction of sp³-hybridized carbons (Fsp3) is 0.267. The molecular weight excluding hydrogens is 307 g/mol. The smallest absolute Gasteiger partial charge is 0.225 e. The van der Waals surface area contributed by atoms with Crippen LogP contribution in [-0.4, -0.2) is 19.5 Å². The van der Waals surface area contributed by atoms with Crippen LogP contribution in [0.25, 0.3) is 11.2 Å². The maximum atomic E-state index is 6.10. The topological polar surface area (TPSA) is 43.6 Å². The third-order valence-electron chi connectivity index (χ3n) is 4.03. The van der Waals surface area contributed by atoms with Crippen molar-refractivity contribution in [2.24, 2.45) is 0 Å². The fourth-order valence-electron chi connectivity index (χ4n) is 3.10. The summed E-state index contributed by atoms with van der Waals surface area (Å²) in [4.78, 5) is 12.6. The minimum Gasteiger partial charge on any atom is -0.307 e. The van der Waals surface area contributed by atoms with Crippen molar-refractivity contribution in [1.82, 2.24) is 19.5 Å². The van der Waals surface area contributed by atoms with Gasteiger partial charge in [-0.3, -0.25) is 0 Å². The van der Waals surface area contributed by atoms with Crippen LogP contribution in [0.1, 0.15) is 30.0 Å². The highest BCUT2D eigenvalue weighted by atomic mass is 35.5. The maximum absolute atomic E-state index is 6.10. The lowest BCUT2D eigenvalue weighted by molar-refractivity contribution is 0.497. The third kappa shape index (κ3) is 2.10. The summed E-state index contributed by atoms with van der Waals surface area (Å²) in [5.41, 5.74) is 4.02. The van der Waals surface area contributed by atoms with Crippen molar-refractivity contribution in [2.75, 3.05) is 0 Å². The van der Waals surface area contributed by atoms with Crippen LogP contribution in [0.5, 0.6) is 0 Å². The number of benzene rings is 1. The minimum absolute atomic E-state index is 0.151. The van der Waals surface area contributed by atoms with Crippen molar-refractivity contribution in [3.63, 3.8) is 0 Å². The van der Waals surface area contributed by atoms with Crippen LogP contribution >= 0.6 is 23.2 Å². The molecule has 0 amide bonds. The van der Waals surface area contributed by atoms with Gasteiger partial charge in [0.25, 0.3) is 0 Å². The van der Waals surface area contributed by atoms with Crippen LogP contribution in [0.2, 0.25) is 10.4 Å². The molecule has 106 valence electrons. The predicted octanol–water partition coefficient (Wildman–Crippen LogP) is 4.06. The first-order chi connectivity index (χ1) is 10.2. The van der Waals surface area contributed by atoms with E-state index in [1.165, 1.54) is 11.1 Å². The van der Waals surface area contributed by atoms with Crippen molar-refractivity contribution >= 4 is 34.4 Å². The Morgan fingerprint density at radius 1 is 1.14 bits per heavy atom. The average Bonchev–Trinajstić information content (AvgIpc) is 2.90. The highest BCUT2D eigenvalue weighted by molar-refractivity contribution is 6.35. The number of imidazole rings is 1. The average molecular weight is 319 g/mol. The molecule has 1 aromatic carbocycles. The summed E-state index contributed by atoms with van der Waals surface area (Å²) in [6.07, 6.45) is 5.11. The van der Waals surface area contributed by atoms with Gasteiger partial charge in [0.15, 0.2) is 10.8 Å². The number of halogens is 2. The molecule has 0 fully saturated rings. The van der Waals surface area contributed by atoms with E-state index in [-0.39, 0.29) is 11.3 Å². The molecule has 2 heterocycles. The van der Waals surface area contributed by atoms with Gasteiger partial charge in [0.2, 0.25) is 5.28 Å². The van der Waals surface area contributed by atoms with Gasteiger partial charge < -0.3 is 4.57 Å². The van der Waals surface area contributed by atoms with E-state index >= 15 is 0 Å². The number of hydrogen-bond donors (Lipinski definition) is 0. The van der Waals surface area contributed by atoms with E-state index < -0.39 is 0 Å². The van der Waals surface area contributed by atoms with Gasteiger partial charge in [-0.15, -0.1) is 0 Å². The largest absolute Gasteiger partial charge is 0.307 e.